The van der Waals surface area contributed by atoms with Crippen molar-refractivity contribution >= 4 is 0 Å². The number of rotatable bonds is 3. The first-order valence-electron chi connectivity index (χ1n) is 4.85. The van der Waals surface area contributed by atoms with Crippen LogP contribution in [0.25, 0.3) is 0 Å². The predicted octanol–water partition coefficient (Wildman–Crippen LogP) is 3.71. The van der Waals surface area contributed by atoms with Gasteiger partial charge in [-0.25, -0.2) is 0 Å². The average Bonchev–Trinajstić information content (AvgIpc) is 2.16. The summed E-state index contributed by atoms with van der Waals surface area (Å²) in [6, 6.07) is 6.37. The summed E-state index contributed by atoms with van der Waals surface area (Å²) >= 11 is 0. The molecule has 0 aliphatic carbocycles. The van der Waals surface area contributed by atoms with E-state index in [0.717, 1.165) is 12.0 Å². The van der Waals surface area contributed by atoms with Gasteiger partial charge in [0.15, 0.2) is 0 Å². The van der Waals surface area contributed by atoms with Gasteiger partial charge >= 0.3 is 0 Å². The van der Waals surface area contributed by atoms with Gasteiger partial charge in [-0.15, -0.1) is 0 Å². The maximum atomic E-state index is 3.71. The van der Waals surface area contributed by atoms with Crippen molar-refractivity contribution in [2.45, 2.75) is 33.1 Å². The Balaban J connectivity index is 3.26. The summed E-state index contributed by atoms with van der Waals surface area (Å²) in [5.41, 5.74) is 3.98. The van der Waals surface area contributed by atoms with E-state index in [1.165, 1.54) is 11.1 Å². The maximum Gasteiger partial charge on any atom is -0.0149 e. The molecule has 0 saturated carbocycles. The Kier molecular flexibility index (Phi) is 3.30. The van der Waals surface area contributed by atoms with E-state index in [1.54, 1.807) is 0 Å². The summed E-state index contributed by atoms with van der Waals surface area (Å²) in [5.74, 6) is 0.586. The largest absolute Gasteiger partial charge is 0.0905 e. The van der Waals surface area contributed by atoms with Crippen LogP contribution in [0.1, 0.15) is 43.4 Å². The maximum absolute atomic E-state index is 3.71. The number of hydrogen-bond acceptors (Lipinski definition) is 0. The smallest absolute Gasteiger partial charge is 0.0149 e. The van der Waals surface area contributed by atoms with E-state index in [2.05, 4.69) is 51.6 Å². The molecule has 1 radical (unpaired) electrons. The van der Waals surface area contributed by atoms with E-state index in [0.29, 0.717) is 5.92 Å². The zero-order valence-corrected chi connectivity index (χ0v) is 8.72. The summed E-state index contributed by atoms with van der Waals surface area (Å²) in [7, 11) is 0. The fraction of sp³-hybridized carbons (Fsp3) is 0.385. The van der Waals surface area contributed by atoms with E-state index in [-0.39, 0.29) is 0 Å². The molecule has 0 spiro atoms. The molecule has 69 valence electrons. The van der Waals surface area contributed by atoms with Gasteiger partial charge in [0.1, 0.15) is 0 Å². The number of hydrogen-bond donors (Lipinski definition) is 0. The molecule has 0 aliphatic rings. The van der Waals surface area contributed by atoms with Crippen molar-refractivity contribution in [3.05, 3.63) is 47.5 Å². The topological polar surface area (TPSA) is 0 Å². The number of benzene rings is 1. The van der Waals surface area contributed by atoms with E-state index < -0.39 is 0 Å². The van der Waals surface area contributed by atoms with Gasteiger partial charge in [-0.2, -0.15) is 0 Å². The fourth-order valence-electron chi connectivity index (χ4n) is 1.71. The molecule has 0 amide bonds. The monoisotopic (exact) mass is 173 g/mol. The molecule has 0 unspecified atom stereocenters. The van der Waals surface area contributed by atoms with Crippen LogP contribution in [0.3, 0.4) is 0 Å². The fourth-order valence-corrected chi connectivity index (χ4v) is 1.71. The van der Waals surface area contributed by atoms with Crippen LogP contribution < -0.4 is 0 Å². The van der Waals surface area contributed by atoms with Gasteiger partial charge in [-0.1, -0.05) is 45.5 Å². The SMILES string of the molecule is C=[C]c1cccc(C(C)C)c1CC. The molecule has 0 fully saturated rings. The molecular weight excluding hydrogens is 156 g/mol. The highest BCUT2D eigenvalue weighted by Crippen LogP contribution is 2.23. The van der Waals surface area contributed by atoms with Gasteiger partial charge in [0.05, 0.1) is 0 Å². The summed E-state index contributed by atoms with van der Waals surface area (Å²) < 4.78 is 0. The molecule has 0 atom stereocenters. The molecule has 0 heterocycles. The Labute approximate surface area is 81.3 Å². The van der Waals surface area contributed by atoms with Gasteiger partial charge in [0, 0.05) is 0 Å². The minimum absolute atomic E-state index is 0.586. The zero-order chi connectivity index (χ0) is 9.84. The Morgan fingerprint density at radius 2 is 2.08 bits per heavy atom. The third-order valence-corrected chi connectivity index (χ3v) is 2.38. The summed E-state index contributed by atoms with van der Waals surface area (Å²) in [6.45, 7) is 10.3. The highest BCUT2D eigenvalue weighted by atomic mass is 14.1. The molecule has 0 saturated heterocycles. The molecule has 1 rings (SSSR count). The minimum Gasteiger partial charge on any atom is -0.0905 e. The van der Waals surface area contributed by atoms with Crippen molar-refractivity contribution in [3.63, 3.8) is 0 Å². The Hall–Kier alpha value is -1.04. The van der Waals surface area contributed by atoms with Crippen molar-refractivity contribution in [3.8, 4) is 0 Å². The van der Waals surface area contributed by atoms with Crippen LogP contribution in [0.2, 0.25) is 0 Å². The molecule has 0 aliphatic heterocycles. The zero-order valence-electron chi connectivity index (χ0n) is 8.72. The Bertz CT molecular complexity index is 295. The molecular formula is C13H17. The standard InChI is InChI=1S/C13H17/c1-5-11-8-7-9-13(10(3)4)12(11)6-2/h7-10H,1,6H2,2-4H3. The molecule has 0 aromatic heterocycles. The Morgan fingerprint density at radius 1 is 1.38 bits per heavy atom. The van der Waals surface area contributed by atoms with Crippen LogP contribution in [-0.2, 0) is 6.42 Å². The second-order valence-electron chi connectivity index (χ2n) is 3.56. The van der Waals surface area contributed by atoms with Gasteiger partial charge in [-0.3, -0.25) is 0 Å². The first-order valence-corrected chi connectivity index (χ1v) is 4.85. The molecule has 0 N–H and O–H groups in total. The third kappa shape index (κ3) is 2.00. The van der Waals surface area contributed by atoms with Crippen LogP contribution in [0.15, 0.2) is 24.8 Å². The highest BCUT2D eigenvalue weighted by molar-refractivity contribution is 5.40. The molecule has 1 aromatic carbocycles. The first-order chi connectivity index (χ1) is 6.20. The van der Waals surface area contributed by atoms with Gasteiger partial charge in [0.25, 0.3) is 0 Å². The van der Waals surface area contributed by atoms with E-state index in [1.807, 2.05) is 0 Å². The van der Waals surface area contributed by atoms with E-state index in [4.69, 9.17) is 0 Å². The van der Waals surface area contributed by atoms with E-state index in [9.17, 15) is 0 Å². The lowest BCUT2D eigenvalue weighted by Crippen LogP contribution is -1.97. The van der Waals surface area contributed by atoms with Crippen molar-refractivity contribution < 1.29 is 0 Å². The Morgan fingerprint density at radius 3 is 2.54 bits per heavy atom. The second-order valence-corrected chi connectivity index (χ2v) is 3.56. The van der Waals surface area contributed by atoms with Crippen LogP contribution in [0.5, 0.6) is 0 Å². The summed E-state index contributed by atoms with van der Waals surface area (Å²) in [6.07, 6.45) is 4.05. The predicted molar refractivity (Wildman–Crippen MR) is 57.9 cm³/mol. The second kappa shape index (κ2) is 4.27. The van der Waals surface area contributed by atoms with Gasteiger partial charge in [-0.05, 0) is 35.1 Å². The first kappa shape index (κ1) is 10.0. The average molecular weight is 173 g/mol. The lowest BCUT2D eigenvalue weighted by molar-refractivity contribution is 0.842. The van der Waals surface area contributed by atoms with Gasteiger partial charge < -0.3 is 0 Å². The van der Waals surface area contributed by atoms with Crippen LogP contribution in [0, 0.1) is 6.08 Å². The highest BCUT2D eigenvalue weighted by Gasteiger charge is 2.07. The van der Waals surface area contributed by atoms with Crippen molar-refractivity contribution in [1.29, 1.82) is 0 Å². The van der Waals surface area contributed by atoms with Crippen LogP contribution in [-0.4, -0.2) is 0 Å². The van der Waals surface area contributed by atoms with Gasteiger partial charge in [0.2, 0.25) is 0 Å². The van der Waals surface area contributed by atoms with Crippen molar-refractivity contribution in [1.82, 2.24) is 0 Å². The molecule has 13 heavy (non-hydrogen) atoms. The van der Waals surface area contributed by atoms with Crippen LogP contribution >= 0.6 is 0 Å². The lowest BCUT2D eigenvalue weighted by Gasteiger charge is -2.13. The van der Waals surface area contributed by atoms with Crippen molar-refractivity contribution in [2.24, 2.45) is 0 Å². The third-order valence-electron chi connectivity index (χ3n) is 2.38. The minimum atomic E-state index is 0.586. The summed E-state index contributed by atoms with van der Waals surface area (Å²) in [4.78, 5) is 0. The summed E-state index contributed by atoms with van der Waals surface area (Å²) in [5, 5.41) is 0. The molecule has 0 nitrogen and oxygen atoms in total. The normalized spacial score (nSPS) is 10.5. The van der Waals surface area contributed by atoms with Crippen molar-refractivity contribution in [2.75, 3.05) is 0 Å². The van der Waals surface area contributed by atoms with E-state index >= 15 is 0 Å². The lowest BCUT2D eigenvalue weighted by atomic mass is 9.92. The molecule has 1 aromatic rings. The molecule has 0 bridgehead atoms. The van der Waals surface area contributed by atoms with Crippen LogP contribution in [0.4, 0.5) is 0 Å². The molecule has 0 heteroatoms. The quantitative estimate of drug-likeness (QED) is 0.653.